The number of nitrogens with zero attached hydrogens (tertiary/aromatic N) is 1. The van der Waals surface area contributed by atoms with Crippen molar-refractivity contribution < 1.29 is 29.3 Å². The number of aliphatic hydroxyl groups is 2. The number of amides is 2. The molecule has 8 heteroatoms. The first-order valence-corrected chi connectivity index (χ1v) is 22.4. The van der Waals surface area contributed by atoms with Crippen LogP contribution < -0.4 is 10.4 Å². The fourth-order valence-electron chi connectivity index (χ4n) is 9.91. The first kappa shape index (κ1) is 40.8. The molecule has 1 heterocycles. The van der Waals surface area contributed by atoms with E-state index in [1.165, 1.54) is 0 Å². The van der Waals surface area contributed by atoms with Crippen LogP contribution in [-0.4, -0.2) is 65.7 Å². The Morgan fingerprint density at radius 3 is 2.04 bits per heavy atom. The molecule has 0 aromatic heterocycles. The number of hydrogen-bond acceptors (Lipinski definition) is 6. The Bertz CT molecular complexity index is 1830. The average Bonchev–Trinajstić information content (AvgIpc) is 3.43. The maximum Gasteiger partial charge on any atom is 0.261 e. The molecule has 0 bridgehead atoms. The Kier molecular flexibility index (Phi) is 12.7. The lowest BCUT2D eigenvalue weighted by Gasteiger charge is -2.44. The van der Waals surface area contributed by atoms with E-state index in [2.05, 4.69) is 82.3 Å². The number of carbonyl (C=O) groups is 2. The van der Waals surface area contributed by atoms with Gasteiger partial charge in [0.25, 0.3) is 8.32 Å². The third-order valence-electron chi connectivity index (χ3n) is 12.7. The van der Waals surface area contributed by atoms with E-state index in [4.69, 9.17) is 4.43 Å². The van der Waals surface area contributed by atoms with E-state index < -0.39 is 32.2 Å². The zero-order valence-corrected chi connectivity index (χ0v) is 34.7. The number of aliphatic hydroxyl groups excluding tert-OH is 2. The van der Waals surface area contributed by atoms with Crippen molar-refractivity contribution in [2.75, 3.05) is 13.2 Å². The molecule has 0 spiro atoms. The van der Waals surface area contributed by atoms with Gasteiger partial charge in [0.2, 0.25) is 11.8 Å². The van der Waals surface area contributed by atoms with E-state index >= 15 is 0 Å². The van der Waals surface area contributed by atoms with Crippen LogP contribution >= 0.6 is 0 Å². The van der Waals surface area contributed by atoms with E-state index in [0.29, 0.717) is 30.6 Å². The van der Waals surface area contributed by atoms with Gasteiger partial charge in [0.15, 0.2) is 0 Å². The van der Waals surface area contributed by atoms with Gasteiger partial charge in [0.05, 0.1) is 31.2 Å². The molecule has 2 fully saturated rings. The molecular weight excluding hydrogens is 703 g/mol. The third-order valence-corrected chi connectivity index (χ3v) is 17.7. The molecule has 2 aliphatic carbocycles. The minimum Gasteiger partial charge on any atom is -0.507 e. The lowest BCUT2D eigenvalue weighted by atomic mass is 9.68. The van der Waals surface area contributed by atoms with E-state index in [1.807, 2.05) is 38.1 Å². The summed E-state index contributed by atoms with van der Waals surface area (Å²) in [5, 5.41) is 35.8. The lowest BCUT2D eigenvalue weighted by Crippen LogP contribution is -2.66. The molecule has 3 aliphatic rings. The van der Waals surface area contributed by atoms with Crippen molar-refractivity contribution in [3.8, 4) is 5.75 Å². The molecule has 0 unspecified atom stereocenters. The second-order valence-electron chi connectivity index (χ2n) is 17.2. The van der Waals surface area contributed by atoms with E-state index in [-0.39, 0.29) is 36.1 Å². The molecule has 294 valence electrons. The van der Waals surface area contributed by atoms with E-state index in [0.717, 1.165) is 76.7 Å². The van der Waals surface area contributed by atoms with Gasteiger partial charge >= 0.3 is 0 Å². The number of aromatic hydroxyl groups is 1. The molecular formula is C47H61NO6Si. The van der Waals surface area contributed by atoms with Crippen LogP contribution in [0, 0.1) is 31.6 Å². The first-order valence-electron chi connectivity index (χ1n) is 20.4. The van der Waals surface area contributed by atoms with Crippen molar-refractivity contribution in [2.45, 2.75) is 117 Å². The van der Waals surface area contributed by atoms with E-state index in [1.54, 1.807) is 4.90 Å². The second kappa shape index (κ2) is 17.1. The van der Waals surface area contributed by atoms with Crippen molar-refractivity contribution in [1.82, 2.24) is 4.90 Å². The summed E-state index contributed by atoms with van der Waals surface area (Å²) in [7, 11) is -3.00. The molecule has 3 aromatic rings. The highest BCUT2D eigenvalue weighted by Gasteiger charge is 2.57. The molecule has 1 aliphatic heterocycles. The van der Waals surface area contributed by atoms with Crippen molar-refractivity contribution >= 4 is 36.6 Å². The Morgan fingerprint density at radius 1 is 0.927 bits per heavy atom. The molecule has 6 rings (SSSR count). The molecule has 2 amide bonds. The van der Waals surface area contributed by atoms with Crippen LogP contribution in [-0.2, 0) is 14.0 Å². The molecule has 3 N–H and O–H groups in total. The minimum atomic E-state index is -3.00. The van der Waals surface area contributed by atoms with Crippen molar-refractivity contribution in [1.29, 1.82) is 0 Å². The Balaban J connectivity index is 1.40. The molecule has 1 saturated heterocycles. The first-order chi connectivity index (χ1) is 26.3. The maximum atomic E-state index is 14.3. The summed E-state index contributed by atoms with van der Waals surface area (Å²) < 4.78 is 7.44. The van der Waals surface area contributed by atoms with Crippen LogP contribution in [0.4, 0.5) is 0 Å². The molecule has 55 heavy (non-hydrogen) atoms. The van der Waals surface area contributed by atoms with Crippen LogP contribution in [0.1, 0.15) is 102 Å². The van der Waals surface area contributed by atoms with Gasteiger partial charge in [-0.1, -0.05) is 119 Å². The number of fused-ring (bicyclic) bond motifs is 1. The molecule has 7 nitrogen and oxygen atoms in total. The zero-order chi connectivity index (χ0) is 39.5. The number of imide groups is 1. The van der Waals surface area contributed by atoms with Gasteiger partial charge in [-0.3, -0.25) is 14.5 Å². The summed E-state index contributed by atoms with van der Waals surface area (Å²) >= 11 is 0. The molecule has 1 saturated carbocycles. The summed E-state index contributed by atoms with van der Waals surface area (Å²) in [4.78, 5) is 30.2. The monoisotopic (exact) mass is 763 g/mol. The highest BCUT2D eigenvalue weighted by atomic mass is 28.4. The largest absolute Gasteiger partial charge is 0.507 e. The quantitative estimate of drug-likeness (QED) is 0.0934. The van der Waals surface area contributed by atoms with E-state index in [9.17, 15) is 24.9 Å². The number of benzene rings is 3. The Morgan fingerprint density at radius 2 is 1.51 bits per heavy atom. The topological polar surface area (TPSA) is 107 Å². The highest BCUT2D eigenvalue weighted by molar-refractivity contribution is 6.99. The van der Waals surface area contributed by atoms with Gasteiger partial charge in [0.1, 0.15) is 5.75 Å². The predicted molar refractivity (Wildman–Crippen MR) is 223 cm³/mol. The summed E-state index contributed by atoms with van der Waals surface area (Å²) in [5.74, 6) is -2.00. The van der Waals surface area contributed by atoms with Gasteiger partial charge in [-0.15, -0.1) is 0 Å². The number of carbonyl (C=O) groups excluding carboxylic acids is 2. The number of allylic oxidation sites excluding steroid dienone is 1. The Hall–Kier alpha value is -3.82. The highest BCUT2D eigenvalue weighted by Crippen LogP contribution is 2.48. The van der Waals surface area contributed by atoms with Crippen LogP contribution in [0.25, 0.3) is 6.08 Å². The third kappa shape index (κ3) is 8.06. The summed E-state index contributed by atoms with van der Waals surface area (Å²) in [5.41, 5.74) is 5.29. The van der Waals surface area contributed by atoms with Crippen LogP contribution in [0.5, 0.6) is 5.75 Å². The van der Waals surface area contributed by atoms with Gasteiger partial charge in [-0.2, -0.15) is 0 Å². The fraction of sp³-hybridized carbons (Fsp3) is 0.489. The number of phenols is 1. The number of rotatable bonds is 13. The number of aryl methyl sites for hydroxylation is 2. The van der Waals surface area contributed by atoms with Gasteiger partial charge in [0, 0.05) is 12.0 Å². The number of hydrogen-bond donors (Lipinski definition) is 3. The van der Waals surface area contributed by atoms with Crippen molar-refractivity contribution in [2.24, 2.45) is 17.8 Å². The Labute approximate surface area is 329 Å². The van der Waals surface area contributed by atoms with Crippen LogP contribution in [0.15, 0.2) is 89.5 Å². The maximum absolute atomic E-state index is 14.3. The lowest BCUT2D eigenvalue weighted by molar-refractivity contribution is -0.143. The molecule has 3 aromatic carbocycles. The zero-order valence-electron chi connectivity index (χ0n) is 33.7. The fourth-order valence-corrected chi connectivity index (χ4v) is 14.5. The van der Waals surface area contributed by atoms with Crippen LogP contribution in [0.2, 0.25) is 5.04 Å². The van der Waals surface area contributed by atoms with Crippen LogP contribution in [0.3, 0.4) is 0 Å². The second-order valence-corrected chi connectivity index (χ2v) is 21.5. The normalized spacial score (nSPS) is 22.0. The standard InChI is InChI=1S/C47H61NO6Si/c1-7-33(27-34-25-31(2)44(51)32(3)26-34)23-24-41(50)42-35(28-39-43(40(42)29-49)46(53)48(45(39)52)36-17-11-8-12-18-36)30-54-55(47(4,5)6,37-19-13-9-14-20-37)38-21-15-10-16-22-38/h9-10,13-16,19-22,25-27,36,39-41,43,49-51H,7-8,11-12,17-18,23-24,28-30H2,1-6H3/b33-27+/t39-,40+,41-,43-/m1/s1. The van der Waals surface area contributed by atoms with Crippen molar-refractivity contribution in [3.05, 3.63) is 106 Å². The smallest absolute Gasteiger partial charge is 0.261 e. The predicted octanol–water partition coefficient (Wildman–Crippen LogP) is 7.76. The minimum absolute atomic E-state index is 0.103. The van der Waals surface area contributed by atoms with Gasteiger partial charge in [-0.25, -0.2) is 0 Å². The number of likely N-dealkylation sites (tertiary alicyclic amines) is 1. The summed E-state index contributed by atoms with van der Waals surface area (Å²) in [6.07, 6.45) is 8.05. The SMILES string of the molecule is CC/C(=C\c1cc(C)c(O)c(C)c1)CC[C@@H](O)C1=C(CO[Si](c2ccccc2)(c2ccccc2)C(C)(C)C)C[C@H]2C(=O)N(C3CCCCC3)C(=O)[C@H]2[C@H]1CO. The van der Waals surface area contributed by atoms with Gasteiger partial charge < -0.3 is 19.7 Å². The van der Waals surface area contributed by atoms with Gasteiger partial charge in [-0.05, 0) is 108 Å². The van der Waals surface area contributed by atoms with Crippen molar-refractivity contribution in [3.63, 3.8) is 0 Å². The average molecular weight is 764 g/mol. The summed E-state index contributed by atoms with van der Waals surface area (Å²) in [6, 6.07) is 24.7. The molecule has 4 atom stereocenters. The summed E-state index contributed by atoms with van der Waals surface area (Å²) in [6.45, 7) is 12.4. The number of phenolic OH excluding ortho intramolecular Hbond substituents is 1. The molecule has 0 radical (unpaired) electrons.